The van der Waals surface area contributed by atoms with Crippen molar-refractivity contribution in [2.45, 2.75) is 158 Å². The van der Waals surface area contributed by atoms with Gasteiger partial charge in [-0.3, -0.25) is 4.79 Å². The van der Waals surface area contributed by atoms with Gasteiger partial charge >= 0.3 is 0 Å². The average Bonchev–Trinajstić information content (AvgIpc) is 3.13. The molecular weight excluding hydrogens is 490 g/mol. The van der Waals surface area contributed by atoms with E-state index in [0.717, 1.165) is 13.3 Å². The summed E-state index contributed by atoms with van der Waals surface area (Å²) in [5.41, 5.74) is 7.61. The highest BCUT2D eigenvalue weighted by atomic mass is 16.4. The lowest BCUT2D eigenvalue weighted by Crippen LogP contribution is -2.16. The molecule has 3 nitrogen and oxygen atoms in total. The van der Waals surface area contributed by atoms with Crippen LogP contribution in [0, 0.1) is 0 Å². The number of allylic oxidation sites excluding steroid dienone is 3. The molecule has 0 aliphatic heterocycles. The number of aliphatic carboxylic acids is 1. The molecule has 0 fully saturated rings. The molecule has 1 aliphatic carbocycles. The molecule has 0 saturated heterocycles. The lowest BCUT2D eigenvalue weighted by Gasteiger charge is -2.27. The fourth-order valence-electron chi connectivity index (χ4n) is 5.47. The van der Waals surface area contributed by atoms with Crippen molar-refractivity contribution >= 4 is 16.9 Å². The Kier molecular flexibility index (Phi) is 20.2. The summed E-state index contributed by atoms with van der Waals surface area (Å²) in [4.78, 5) is 9.00. The van der Waals surface area contributed by atoms with E-state index < -0.39 is 5.97 Å². The van der Waals surface area contributed by atoms with Crippen LogP contribution in [0.4, 0.5) is 0 Å². The zero-order valence-electron chi connectivity index (χ0n) is 27.9. The van der Waals surface area contributed by atoms with E-state index in [4.69, 9.17) is 9.90 Å². The van der Waals surface area contributed by atoms with Crippen molar-refractivity contribution in [3.05, 3.63) is 59.3 Å². The van der Waals surface area contributed by atoms with Crippen molar-refractivity contribution in [1.29, 1.82) is 0 Å². The van der Waals surface area contributed by atoms with Gasteiger partial charge in [0.15, 0.2) is 0 Å². The Morgan fingerprint density at radius 1 is 1.07 bits per heavy atom. The first-order valence-electron chi connectivity index (χ1n) is 16.3. The summed E-state index contributed by atoms with van der Waals surface area (Å²) in [6, 6.07) is 7.74. The summed E-state index contributed by atoms with van der Waals surface area (Å²) in [6.45, 7) is 25.6. The van der Waals surface area contributed by atoms with Crippen molar-refractivity contribution in [3.8, 4) is 0 Å². The summed E-state index contributed by atoms with van der Waals surface area (Å²) in [5, 5.41) is 8.94. The fraction of sp³-hybridized carbons (Fsp3) is 0.649. The monoisotopic (exact) mass is 553 g/mol. The van der Waals surface area contributed by atoms with Gasteiger partial charge in [-0.1, -0.05) is 118 Å². The van der Waals surface area contributed by atoms with Crippen LogP contribution in [0.15, 0.2) is 42.5 Å². The van der Waals surface area contributed by atoms with Crippen LogP contribution in [0.3, 0.4) is 0 Å². The number of carbonyl (C=O) groups is 1. The normalized spacial score (nSPS) is 15.1. The highest BCUT2D eigenvalue weighted by molar-refractivity contribution is 5.87. The number of fused-ring (bicyclic) bond motifs is 3. The third-order valence-corrected chi connectivity index (χ3v) is 7.58. The largest absolute Gasteiger partial charge is 0.481 e. The summed E-state index contributed by atoms with van der Waals surface area (Å²) < 4.78 is 2.74. The Morgan fingerprint density at radius 3 is 2.17 bits per heavy atom. The summed E-state index contributed by atoms with van der Waals surface area (Å²) in [7, 11) is 0. The lowest BCUT2D eigenvalue weighted by molar-refractivity contribution is -0.134. The first-order chi connectivity index (χ1) is 19.1. The molecule has 1 N–H and O–H groups in total. The molecule has 228 valence electrons. The van der Waals surface area contributed by atoms with Crippen molar-refractivity contribution < 1.29 is 9.90 Å². The van der Waals surface area contributed by atoms with Gasteiger partial charge in [0, 0.05) is 23.5 Å². The van der Waals surface area contributed by atoms with E-state index in [1.54, 1.807) is 11.3 Å². The number of nitrogens with zero attached hydrogens (tertiary/aromatic N) is 1. The van der Waals surface area contributed by atoms with Crippen LogP contribution in [-0.2, 0) is 11.2 Å². The van der Waals surface area contributed by atoms with E-state index in [0.29, 0.717) is 17.9 Å². The Balaban J connectivity index is 0.00000108. The molecule has 0 radical (unpaired) electrons. The van der Waals surface area contributed by atoms with Gasteiger partial charge in [0.25, 0.3) is 5.97 Å². The number of benzene rings is 1. The number of aromatic nitrogens is 1. The molecule has 1 aromatic heterocycles. The number of carboxylic acid groups (broad SMARTS) is 1. The molecule has 0 spiro atoms. The van der Waals surface area contributed by atoms with Gasteiger partial charge in [-0.25, -0.2) is 0 Å². The molecule has 2 atom stereocenters. The van der Waals surface area contributed by atoms with Crippen LogP contribution in [0.1, 0.15) is 168 Å². The lowest BCUT2D eigenvalue weighted by atomic mass is 9.96. The van der Waals surface area contributed by atoms with Crippen molar-refractivity contribution in [1.82, 2.24) is 4.57 Å². The van der Waals surface area contributed by atoms with Crippen molar-refractivity contribution in [2.75, 3.05) is 0 Å². The van der Waals surface area contributed by atoms with Gasteiger partial charge in [0.05, 0.1) is 6.04 Å². The van der Waals surface area contributed by atoms with E-state index >= 15 is 0 Å². The highest BCUT2D eigenvalue weighted by Gasteiger charge is 2.28. The Labute approximate surface area is 248 Å². The second-order valence-corrected chi connectivity index (χ2v) is 11.1. The van der Waals surface area contributed by atoms with E-state index in [-0.39, 0.29) is 0 Å². The zero-order chi connectivity index (χ0) is 30.7. The average molecular weight is 554 g/mol. The molecule has 1 aromatic carbocycles. The number of unbranched alkanes of at least 4 members (excludes halogenated alkanes) is 2. The van der Waals surface area contributed by atoms with Crippen LogP contribution in [0.2, 0.25) is 0 Å². The standard InChI is InChI=1S/C27H41N.C6H12.C2H4O2.C2H6/c1-7-9-10-15-25(20(5)8-2)28-26-17-16-22(19(3)4)18-24(26)23-14-12-11-13-21(6)27(23)28;1-3-5-6-4-2;1-2(3)4;1-2/h16-19,21,25H,5,7-15H2,1-4,6H3;5-6H,3-4H2,1-2H3;1H3,(H,3,4);1-2H3/b;6-5-;;. The van der Waals surface area contributed by atoms with Crippen molar-refractivity contribution in [2.24, 2.45) is 0 Å². The zero-order valence-corrected chi connectivity index (χ0v) is 27.9. The van der Waals surface area contributed by atoms with Gasteiger partial charge < -0.3 is 9.67 Å². The third-order valence-electron chi connectivity index (χ3n) is 7.58. The number of hydrogen-bond acceptors (Lipinski definition) is 1. The minimum atomic E-state index is -0.833. The first-order valence-corrected chi connectivity index (χ1v) is 16.3. The van der Waals surface area contributed by atoms with Gasteiger partial charge in [-0.2, -0.15) is 0 Å². The molecule has 3 rings (SSSR count). The van der Waals surface area contributed by atoms with E-state index in [1.165, 1.54) is 86.2 Å². The van der Waals surface area contributed by atoms with Crippen LogP contribution < -0.4 is 0 Å². The number of aryl methyl sites for hydroxylation is 1. The molecule has 1 heterocycles. The Morgan fingerprint density at radius 2 is 1.68 bits per heavy atom. The number of carboxylic acids is 1. The SMILES string of the molecule is C=C(CC)C(CCCCC)n1c2c(c3cc(C(C)C)ccc31)CCCCC2C.CC.CC(=O)O.CC/C=C\CC. The quantitative estimate of drug-likeness (QED) is 0.181. The molecule has 3 heteroatoms. The molecule has 2 unspecified atom stereocenters. The number of rotatable bonds is 10. The molecule has 1 aliphatic rings. The molecule has 2 aromatic rings. The molecule has 0 bridgehead atoms. The van der Waals surface area contributed by atoms with Crippen LogP contribution in [0.5, 0.6) is 0 Å². The fourth-order valence-corrected chi connectivity index (χ4v) is 5.47. The van der Waals surface area contributed by atoms with E-state index in [1.807, 2.05) is 13.8 Å². The van der Waals surface area contributed by atoms with Crippen LogP contribution >= 0.6 is 0 Å². The predicted octanol–water partition coefficient (Wildman–Crippen LogP) is 12.2. The van der Waals surface area contributed by atoms with Crippen LogP contribution in [0.25, 0.3) is 10.9 Å². The Hall–Kier alpha value is -2.29. The number of hydrogen-bond donors (Lipinski definition) is 1. The minimum absolute atomic E-state index is 0.452. The van der Waals surface area contributed by atoms with Crippen LogP contribution in [-0.4, -0.2) is 15.6 Å². The first kappa shape index (κ1) is 37.7. The van der Waals surface area contributed by atoms with Gasteiger partial charge in [0.2, 0.25) is 0 Å². The summed E-state index contributed by atoms with van der Waals surface area (Å²) in [6.07, 6.45) is 18.2. The second kappa shape index (κ2) is 21.5. The maximum atomic E-state index is 9.00. The molecule has 0 saturated carbocycles. The second-order valence-electron chi connectivity index (χ2n) is 11.1. The highest BCUT2D eigenvalue weighted by Crippen LogP contribution is 2.42. The summed E-state index contributed by atoms with van der Waals surface area (Å²) >= 11 is 0. The van der Waals surface area contributed by atoms with Gasteiger partial charge in [-0.15, -0.1) is 0 Å². The third kappa shape index (κ3) is 12.1. The maximum Gasteiger partial charge on any atom is 0.300 e. The Bertz CT molecular complexity index is 1000. The summed E-state index contributed by atoms with van der Waals surface area (Å²) in [5.74, 6) is 0.392. The topological polar surface area (TPSA) is 42.2 Å². The predicted molar refractivity (Wildman–Crippen MR) is 179 cm³/mol. The van der Waals surface area contributed by atoms with E-state index in [2.05, 4.69) is 90.0 Å². The molecular formula is C37H63NO2. The van der Waals surface area contributed by atoms with Crippen molar-refractivity contribution in [3.63, 3.8) is 0 Å². The van der Waals surface area contributed by atoms with E-state index in [9.17, 15) is 0 Å². The molecule has 0 amide bonds. The van der Waals surface area contributed by atoms with Gasteiger partial charge in [0.1, 0.15) is 0 Å². The minimum Gasteiger partial charge on any atom is -0.481 e. The van der Waals surface area contributed by atoms with Gasteiger partial charge in [-0.05, 0) is 80.0 Å². The molecule has 40 heavy (non-hydrogen) atoms. The smallest absolute Gasteiger partial charge is 0.300 e. The maximum absolute atomic E-state index is 9.00.